The third kappa shape index (κ3) is 5.45. The van der Waals surface area contributed by atoms with Crippen LogP contribution in [0.15, 0.2) is 24.3 Å². The Hall–Kier alpha value is -2.57. The summed E-state index contributed by atoms with van der Waals surface area (Å²) in [5.41, 5.74) is 1.61. The summed E-state index contributed by atoms with van der Waals surface area (Å²) in [5, 5.41) is 12.3. The van der Waals surface area contributed by atoms with Gasteiger partial charge in [-0.3, -0.25) is 9.59 Å². The van der Waals surface area contributed by atoms with Crippen LogP contribution in [0.3, 0.4) is 0 Å². The number of carboxylic acids is 1. The highest BCUT2D eigenvalue weighted by atomic mass is 16.5. The van der Waals surface area contributed by atoms with E-state index in [1.54, 1.807) is 0 Å². The summed E-state index contributed by atoms with van der Waals surface area (Å²) < 4.78 is 4.65. The van der Waals surface area contributed by atoms with Gasteiger partial charge >= 0.3 is 12.1 Å². The fourth-order valence-electron chi connectivity index (χ4n) is 3.44. The number of amides is 2. The first kappa shape index (κ1) is 20.7. The summed E-state index contributed by atoms with van der Waals surface area (Å²) in [6, 6.07) is 7.06. The van der Waals surface area contributed by atoms with Gasteiger partial charge in [-0.1, -0.05) is 50.8 Å². The third-order valence-corrected chi connectivity index (χ3v) is 4.87. The van der Waals surface area contributed by atoms with Crippen molar-refractivity contribution in [2.24, 2.45) is 5.92 Å². The first-order valence-corrected chi connectivity index (χ1v) is 9.44. The minimum atomic E-state index is -1.10. The smallest absolute Gasteiger partial charge is 0.407 e. The first-order valence-electron chi connectivity index (χ1n) is 9.44. The lowest BCUT2D eigenvalue weighted by Gasteiger charge is -2.36. The molecule has 0 aliphatic carbocycles. The number of anilines is 1. The molecule has 1 heterocycles. The molecule has 1 aliphatic heterocycles. The molecule has 0 fully saturated rings. The number of ether oxygens (including phenoxy) is 1. The van der Waals surface area contributed by atoms with Crippen molar-refractivity contribution in [1.82, 2.24) is 5.32 Å². The largest absolute Gasteiger partial charge is 0.481 e. The van der Waals surface area contributed by atoms with Crippen molar-refractivity contribution in [1.29, 1.82) is 0 Å². The maximum absolute atomic E-state index is 13.1. The molecule has 2 atom stereocenters. The van der Waals surface area contributed by atoms with Crippen LogP contribution < -0.4 is 10.2 Å². The molecule has 7 heteroatoms. The molecule has 1 aromatic rings. The van der Waals surface area contributed by atoms with Gasteiger partial charge in [-0.25, -0.2) is 4.79 Å². The van der Waals surface area contributed by atoms with E-state index < -0.39 is 23.9 Å². The fourth-order valence-corrected chi connectivity index (χ4v) is 3.44. The van der Waals surface area contributed by atoms with Crippen molar-refractivity contribution in [3.63, 3.8) is 0 Å². The van der Waals surface area contributed by atoms with Crippen LogP contribution in [-0.2, 0) is 20.7 Å². The number of fused-ring (bicyclic) bond motifs is 1. The molecule has 0 aromatic heterocycles. The minimum absolute atomic E-state index is 0.226. The molecule has 27 heavy (non-hydrogen) atoms. The second-order valence-electron chi connectivity index (χ2n) is 6.85. The zero-order chi connectivity index (χ0) is 19.8. The average molecular weight is 376 g/mol. The quantitative estimate of drug-likeness (QED) is 0.537. The van der Waals surface area contributed by atoms with Crippen LogP contribution in [0.2, 0.25) is 0 Å². The van der Waals surface area contributed by atoms with Crippen molar-refractivity contribution in [2.45, 2.75) is 51.5 Å². The molecule has 1 unspecified atom stereocenters. The van der Waals surface area contributed by atoms with Crippen molar-refractivity contribution in [3.05, 3.63) is 29.8 Å². The number of nitrogens with one attached hydrogen (secondary N) is 1. The number of carbonyl (C=O) groups is 3. The van der Waals surface area contributed by atoms with Gasteiger partial charge < -0.3 is 20.1 Å². The highest BCUT2D eigenvalue weighted by Gasteiger charge is 2.35. The molecule has 0 radical (unpaired) electrons. The number of unbranched alkanes of at least 4 members (excludes halogenated alkanes) is 3. The van der Waals surface area contributed by atoms with Crippen molar-refractivity contribution < 1.29 is 24.2 Å². The summed E-state index contributed by atoms with van der Waals surface area (Å²) in [4.78, 5) is 37.9. The predicted octanol–water partition coefficient (Wildman–Crippen LogP) is 2.97. The van der Waals surface area contributed by atoms with Crippen LogP contribution in [0.1, 0.15) is 44.6 Å². The molecule has 2 amide bonds. The summed E-state index contributed by atoms with van der Waals surface area (Å²) >= 11 is 0. The molecular formula is C20H28N2O5. The normalized spacial score (nSPS) is 17.0. The van der Waals surface area contributed by atoms with Gasteiger partial charge in [0, 0.05) is 12.2 Å². The van der Waals surface area contributed by atoms with Crippen LogP contribution >= 0.6 is 0 Å². The third-order valence-electron chi connectivity index (χ3n) is 4.87. The number of nitrogens with zero attached hydrogens (tertiary/aromatic N) is 1. The maximum Gasteiger partial charge on any atom is 0.407 e. The topological polar surface area (TPSA) is 95.9 Å². The Labute approximate surface area is 159 Å². The SMILES string of the molecule is CCCCCCC(C(=O)O)C(=O)N1C[C@@H](NC(=O)OC)Cc2ccccc21. The monoisotopic (exact) mass is 376 g/mol. The number of carboxylic acid groups (broad SMARTS) is 1. The number of methoxy groups -OCH3 is 1. The van der Waals surface area contributed by atoms with E-state index in [1.165, 1.54) is 12.0 Å². The van der Waals surface area contributed by atoms with Gasteiger partial charge in [0.1, 0.15) is 5.92 Å². The number of para-hydroxylation sites is 1. The first-order chi connectivity index (χ1) is 13.0. The standard InChI is InChI=1S/C20H28N2O5/c1-3-4-5-6-10-16(19(24)25)18(23)22-13-15(21-20(26)27-2)12-14-9-7-8-11-17(14)22/h7-9,11,15-16H,3-6,10,12-13H2,1-2H3,(H,21,26)(H,24,25)/t15-,16?/m0/s1. The lowest BCUT2D eigenvalue weighted by molar-refractivity contribution is -0.146. The Kier molecular flexibility index (Phi) is 7.64. The Balaban J connectivity index is 2.20. The van der Waals surface area contributed by atoms with Crippen LogP contribution in [0.4, 0.5) is 10.5 Å². The average Bonchev–Trinajstić information content (AvgIpc) is 2.66. The number of hydrogen-bond donors (Lipinski definition) is 2. The van der Waals surface area contributed by atoms with E-state index in [1.807, 2.05) is 24.3 Å². The Bertz CT molecular complexity index is 676. The minimum Gasteiger partial charge on any atom is -0.481 e. The van der Waals surface area contributed by atoms with Crippen molar-refractivity contribution >= 4 is 23.7 Å². The molecule has 0 saturated carbocycles. The van der Waals surface area contributed by atoms with Crippen LogP contribution in [-0.4, -0.2) is 42.8 Å². The molecule has 1 aromatic carbocycles. The Morgan fingerprint density at radius 2 is 2.00 bits per heavy atom. The predicted molar refractivity (Wildman–Crippen MR) is 102 cm³/mol. The fraction of sp³-hybridized carbons (Fsp3) is 0.550. The lowest BCUT2D eigenvalue weighted by atomic mass is 9.94. The van der Waals surface area contributed by atoms with Gasteiger partial charge in [-0.2, -0.15) is 0 Å². The van der Waals surface area contributed by atoms with Gasteiger partial charge in [-0.15, -0.1) is 0 Å². The Morgan fingerprint density at radius 1 is 1.26 bits per heavy atom. The second kappa shape index (κ2) is 9.94. The molecular weight excluding hydrogens is 348 g/mol. The Morgan fingerprint density at radius 3 is 2.67 bits per heavy atom. The van der Waals surface area contributed by atoms with E-state index in [0.717, 1.165) is 24.8 Å². The van der Waals surface area contributed by atoms with E-state index in [4.69, 9.17) is 0 Å². The van der Waals surface area contributed by atoms with E-state index >= 15 is 0 Å². The highest BCUT2D eigenvalue weighted by Crippen LogP contribution is 2.29. The number of alkyl carbamates (subject to hydrolysis) is 1. The van der Waals surface area contributed by atoms with Gasteiger partial charge in [-0.05, 0) is 24.5 Å². The molecule has 0 bridgehead atoms. The van der Waals surface area contributed by atoms with E-state index in [0.29, 0.717) is 24.9 Å². The molecule has 2 rings (SSSR count). The second-order valence-corrected chi connectivity index (χ2v) is 6.85. The van der Waals surface area contributed by atoms with Crippen molar-refractivity contribution in [2.75, 3.05) is 18.6 Å². The summed E-state index contributed by atoms with van der Waals surface area (Å²) in [7, 11) is 1.28. The zero-order valence-electron chi connectivity index (χ0n) is 15.9. The molecule has 2 N–H and O–H groups in total. The van der Waals surface area contributed by atoms with Gasteiger partial charge in [0.15, 0.2) is 0 Å². The van der Waals surface area contributed by atoms with E-state index in [9.17, 15) is 19.5 Å². The lowest BCUT2D eigenvalue weighted by Crippen LogP contribution is -2.52. The molecule has 7 nitrogen and oxygen atoms in total. The van der Waals surface area contributed by atoms with Crippen LogP contribution in [0.5, 0.6) is 0 Å². The van der Waals surface area contributed by atoms with Gasteiger partial charge in [0.2, 0.25) is 5.91 Å². The summed E-state index contributed by atoms with van der Waals surface area (Å²) in [6.07, 6.45) is 4.00. The number of rotatable bonds is 8. The van der Waals surface area contributed by atoms with E-state index in [2.05, 4.69) is 17.0 Å². The molecule has 0 saturated heterocycles. The number of aliphatic carboxylic acids is 1. The molecule has 148 valence electrons. The van der Waals surface area contributed by atoms with Crippen molar-refractivity contribution in [3.8, 4) is 0 Å². The van der Waals surface area contributed by atoms with Gasteiger partial charge in [0.25, 0.3) is 0 Å². The zero-order valence-corrected chi connectivity index (χ0v) is 15.9. The van der Waals surface area contributed by atoms with Crippen LogP contribution in [0, 0.1) is 5.92 Å². The number of hydrogen-bond acceptors (Lipinski definition) is 4. The molecule has 1 aliphatic rings. The van der Waals surface area contributed by atoms with Crippen LogP contribution in [0.25, 0.3) is 0 Å². The van der Waals surface area contributed by atoms with E-state index in [-0.39, 0.29) is 12.6 Å². The summed E-state index contributed by atoms with van der Waals surface area (Å²) in [6.45, 7) is 2.31. The number of carbonyl (C=O) groups excluding carboxylic acids is 2. The summed E-state index contributed by atoms with van der Waals surface area (Å²) in [5.74, 6) is -2.60. The highest BCUT2D eigenvalue weighted by molar-refractivity contribution is 6.06. The maximum atomic E-state index is 13.1. The number of benzene rings is 1. The molecule has 0 spiro atoms. The van der Waals surface area contributed by atoms with Gasteiger partial charge in [0.05, 0.1) is 13.2 Å².